The minimum absolute atomic E-state index is 0.527. The maximum absolute atomic E-state index is 10.6. The largest absolute Gasteiger partial charge is 0.465 e. The first-order valence-electron chi connectivity index (χ1n) is 5.11. The average molecular weight is 259 g/mol. The summed E-state index contributed by atoms with van der Waals surface area (Å²) < 4.78 is 4.90. The Bertz CT molecular complexity index is 385. The van der Waals surface area contributed by atoms with Crippen LogP contribution in [-0.4, -0.2) is 31.5 Å². The maximum Gasteiger partial charge on any atom is 0.409 e. The lowest BCUT2D eigenvalue weighted by Crippen LogP contribution is -2.20. The van der Waals surface area contributed by atoms with E-state index < -0.39 is 6.09 Å². The average Bonchev–Trinajstić information content (AvgIpc) is 2.27. The van der Waals surface area contributed by atoms with Gasteiger partial charge in [-0.3, -0.25) is 5.32 Å². The third-order valence-electron chi connectivity index (χ3n) is 2.11. The van der Waals surface area contributed by atoms with Crippen LogP contribution in [0.15, 0.2) is 18.2 Å². The summed E-state index contributed by atoms with van der Waals surface area (Å²) >= 11 is 5.87. The number of ether oxygens (including phenoxy) is 1. The quantitative estimate of drug-likeness (QED) is 0.684. The van der Waals surface area contributed by atoms with Crippen LogP contribution in [0.4, 0.5) is 10.5 Å². The molecule has 0 atom stereocenters. The Morgan fingerprint density at radius 3 is 2.94 bits per heavy atom. The van der Waals surface area contributed by atoms with Crippen LogP contribution < -0.4 is 10.6 Å². The molecule has 0 aromatic heterocycles. The van der Waals surface area contributed by atoms with Gasteiger partial charge in [-0.05, 0) is 23.8 Å². The van der Waals surface area contributed by atoms with Crippen LogP contribution >= 0.6 is 11.6 Å². The minimum Gasteiger partial charge on any atom is -0.465 e. The number of carbonyl (C=O) groups is 1. The summed E-state index contributed by atoms with van der Waals surface area (Å²) in [5.74, 6) is 0. The van der Waals surface area contributed by atoms with Crippen LogP contribution in [0.1, 0.15) is 5.56 Å². The van der Waals surface area contributed by atoms with Crippen molar-refractivity contribution in [3.8, 4) is 0 Å². The summed E-state index contributed by atoms with van der Waals surface area (Å²) in [5.41, 5.74) is 1.34. The van der Waals surface area contributed by atoms with Gasteiger partial charge in [0.05, 0.1) is 6.61 Å². The summed E-state index contributed by atoms with van der Waals surface area (Å²) in [6, 6.07) is 5.02. The second kappa shape index (κ2) is 7.11. The summed E-state index contributed by atoms with van der Waals surface area (Å²) in [6.07, 6.45) is -1.09. The second-order valence-electron chi connectivity index (χ2n) is 3.40. The Morgan fingerprint density at radius 2 is 2.29 bits per heavy atom. The molecule has 0 fully saturated rings. The third kappa shape index (κ3) is 5.04. The molecule has 17 heavy (non-hydrogen) atoms. The molecule has 0 saturated heterocycles. The monoisotopic (exact) mass is 258 g/mol. The summed E-state index contributed by atoms with van der Waals surface area (Å²) in [7, 11) is 1.62. The van der Waals surface area contributed by atoms with Crippen molar-refractivity contribution in [1.82, 2.24) is 5.32 Å². The lowest BCUT2D eigenvalue weighted by Gasteiger charge is -2.10. The van der Waals surface area contributed by atoms with Crippen LogP contribution in [0.25, 0.3) is 0 Å². The van der Waals surface area contributed by atoms with E-state index in [-0.39, 0.29) is 0 Å². The predicted molar refractivity (Wildman–Crippen MR) is 66.7 cm³/mol. The van der Waals surface area contributed by atoms with Gasteiger partial charge in [-0.15, -0.1) is 0 Å². The van der Waals surface area contributed by atoms with Gasteiger partial charge in [0.2, 0.25) is 0 Å². The zero-order valence-electron chi connectivity index (χ0n) is 9.50. The molecular weight excluding hydrogens is 244 g/mol. The van der Waals surface area contributed by atoms with Gasteiger partial charge in [0.25, 0.3) is 0 Å². The molecule has 6 heteroatoms. The third-order valence-corrected chi connectivity index (χ3v) is 2.34. The topological polar surface area (TPSA) is 70.6 Å². The number of methoxy groups -OCH3 is 1. The van der Waals surface area contributed by atoms with Crippen molar-refractivity contribution in [3.63, 3.8) is 0 Å². The van der Waals surface area contributed by atoms with Gasteiger partial charge < -0.3 is 15.2 Å². The second-order valence-corrected chi connectivity index (χ2v) is 3.84. The molecule has 0 spiro atoms. The van der Waals surface area contributed by atoms with E-state index in [9.17, 15) is 4.79 Å². The molecule has 1 aromatic rings. The summed E-state index contributed by atoms with van der Waals surface area (Å²) in [6.45, 7) is 1.82. The fraction of sp³-hybridized carbons (Fsp3) is 0.364. The lowest BCUT2D eigenvalue weighted by atomic mass is 10.1. The van der Waals surface area contributed by atoms with E-state index in [2.05, 4.69) is 10.6 Å². The zero-order chi connectivity index (χ0) is 12.7. The molecule has 0 aliphatic carbocycles. The molecule has 0 heterocycles. The van der Waals surface area contributed by atoms with Crippen LogP contribution in [-0.2, 0) is 11.3 Å². The first-order chi connectivity index (χ1) is 8.13. The Hall–Kier alpha value is -1.30. The molecule has 0 saturated carbocycles. The molecule has 1 amide bonds. The summed E-state index contributed by atoms with van der Waals surface area (Å²) in [5, 5.41) is 14.7. The summed E-state index contributed by atoms with van der Waals surface area (Å²) in [4.78, 5) is 10.6. The Kier molecular flexibility index (Phi) is 5.76. The van der Waals surface area contributed by atoms with E-state index in [1.54, 1.807) is 25.3 Å². The molecule has 3 N–H and O–H groups in total. The first kappa shape index (κ1) is 13.8. The molecule has 0 bridgehead atoms. The molecule has 0 aliphatic heterocycles. The normalized spacial score (nSPS) is 10.2. The first-order valence-corrected chi connectivity index (χ1v) is 5.49. The molecular formula is C11H15ClN2O3. The highest BCUT2D eigenvalue weighted by Gasteiger charge is 2.05. The number of carboxylic acid groups (broad SMARTS) is 1. The van der Waals surface area contributed by atoms with Crippen LogP contribution in [0, 0.1) is 0 Å². The fourth-order valence-electron chi connectivity index (χ4n) is 1.34. The smallest absolute Gasteiger partial charge is 0.409 e. The van der Waals surface area contributed by atoms with Crippen LogP contribution in [0.2, 0.25) is 5.02 Å². The number of halogens is 1. The minimum atomic E-state index is -1.09. The highest BCUT2D eigenvalue weighted by atomic mass is 35.5. The maximum atomic E-state index is 10.6. The van der Waals surface area contributed by atoms with Gasteiger partial charge in [0.1, 0.15) is 0 Å². The number of hydrogen-bond donors (Lipinski definition) is 3. The molecule has 0 unspecified atom stereocenters. The molecule has 0 aliphatic rings. The number of anilines is 1. The Morgan fingerprint density at radius 1 is 1.53 bits per heavy atom. The number of hydrogen-bond acceptors (Lipinski definition) is 3. The zero-order valence-corrected chi connectivity index (χ0v) is 10.3. The van der Waals surface area contributed by atoms with E-state index in [0.717, 1.165) is 5.56 Å². The van der Waals surface area contributed by atoms with Crippen molar-refractivity contribution in [1.29, 1.82) is 0 Å². The van der Waals surface area contributed by atoms with Crippen LogP contribution in [0.5, 0.6) is 0 Å². The van der Waals surface area contributed by atoms with Crippen molar-refractivity contribution < 1.29 is 14.6 Å². The van der Waals surface area contributed by atoms with E-state index in [0.29, 0.717) is 30.4 Å². The van der Waals surface area contributed by atoms with Crippen molar-refractivity contribution in [2.24, 2.45) is 0 Å². The molecule has 0 radical (unpaired) electrons. The van der Waals surface area contributed by atoms with Gasteiger partial charge in [0, 0.05) is 30.9 Å². The lowest BCUT2D eigenvalue weighted by molar-refractivity contribution is 0.199. The van der Waals surface area contributed by atoms with Gasteiger partial charge in [0.15, 0.2) is 0 Å². The van der Waals surface area contributed by atoms with Gasteiger partial charge in [-0.25, -0.2) is 4.79 Å². The molecule has 5 nitrogen and oxygen atoms in total. The van der Waals surface area contributed by atoms with Crippen molar-refractivity contribution in [3.05, 3.63) is 28.8 Å². The highest BCUT2D eigenvalue weighted by Crippen LogP contribution is 2.20. The predicted octanol–water partition coefficient (Wildman–Crippen LogP) is 2.17. The molecule has 1 rings (SSSR count). The van der Waals surface area contributed by atoms with Gasteiger partial charge >= 0.3 is 6.09 Å². The van der Waals surface area contributed by atoms with Crippen molar-refractivity contribution in [2.75, 3.05) is 25.6 Å². The number of amides is 1. The van der Waals surface area contributed by atoms with Crippen molar-refractivity contribution in [2.45, 2.75) is 6.54 Å². The SMILES string of the molecule is COCCNCc1cc(Cl)ccc1NC(=O)O. The Balaban J connectivity index is 2.66. The van der Waals surface area contributed by atoms with Gasteiger partial charge in [-0.1, -0.05) is 11.6 Å². The fourth-order valence-corrected chi connectivity index (χ4v) is 1.54. The highest BCUT2D eigenvalue weighted by molar-refractivity contribution is 6.30. The van der Waals surface area contributed by atoms with Gasteiger partial charge in [-0.2, -0.15) is 0 Å². The number of rotatable bonds is 6. The Labute approximate surface area is 105 Å². The number of nitrogens with one attached hydrogen (secondary N) is 2. The van der Waals surface area contributed by atoms with E-state index in [1.807, 2.05) is 0 Å². The van der Waals surface area contributed by atoms with E-state index in [4.69, 9.17) is 21.4 Å². The molecule has 1 aromatic carbocycles. The van der Waals surface area contributed by atoms with E-state index in [1.165, 1.54) is 0 Å². The standard InChI is InChI=1S/C11H15ClN2O3/c1-17-5-4-13-7-8-6-9(12)2-3-10(8)14-11(15)16/h2-3,6,13-14H,4-5,7H2,1H3,(H,15,16). The molecule has 94 valence electrons. The van der Waals surface area contributed by atoms with E-state index >= 15 is 0 Å². The van der Waals surface area contributed by atoms with Crippen molar-refractivity contribution >= 4 is 23.4 Å². The van der Waals surface area contributed by atoms with Crippen LogP contribution in [0.3, 0.4) is 0 Å². The number of benzene rings is 1.